The number of hydrogen-bond acceptors (Lipinski definition) is 4. The zero-order valence-corrected chi connectivity index (χ0v) is 13.5. The lowest BCUT2D eigenvalue weighted by molar-refractivity contribution is 0.138. The quantitative estimate of drug-likeness (QED) is 0.924. The van der Waals surface area contributed by atoms with Crippen LogP contribution in [-0.4, -0.2) is 32.6 Å². The minimum atomic E-state index is -3.09. The van der Waals surface area contributed by atoms with Gasteiger partial charge in [-0.15, -0.1) is 0 Å². The van der Waals surface area contributed by atoms with Crippen molar-refractivity contribution in [3.05, 3.63) is 29.3 Å². The standard InChI is InChI=1S/C15H23NO3S/c1-10(20(5,17)18)14(16-4)11-6-7-13-12(8-11)9-15(2,3)19-13/h6-8,10,14,16H,9H2,1-5H3. The van der Waals surface area contributed by atoms with E-state index in [9.17, 15) is 8.42 Å². The molecule has 1 N–H and O–H groups in total. The molecule has 0 aromatic heterocycles. The lowest BCUT2D eigenvalue weighted by Crippen LogP contribution is -2.33. The normalized spacial score (nSPS) is 20.1. The van der Waals surface area contributed by atoms with E-state index in [1.54, 1.807) is 14.0 Å². The molecule has 2 unspecified atom stereocenters. The Kier molecular flexibility index (Phi) is 3.86. The Morgan fingerprint density at radius 3 is 2.55 bits per heavy atom. The van der Waals surface area contributed by atoms with Gasteiger partial charge in [-0.2, -0.15) is 0 Å². The average molecular weight is 297 g/mol. The fourth-order valence-corrected chi connectivity index (χ4v) is 3.53. The molecule has 0 radical (unpaired) electrons. The van der Waals surface area contributed by atoms with Gasteiger partial charge in [-0.25, -0.2) is 8.42 Å². The number of ether oxygens (including phenoxy) is 1. The highest BCUT2D eigenvalue weighted by Crippen LogP contribution is 2.36. The molecule has 2 atom stereocenters. The number of benzene rings is 1. The summed E-state index contributed by atoms with van der Waals surface area (Å²) in [5.41, 5.74) is 1.96. The summed E-state index contributed by atoms with van der Waals surface area (Å²) in [6.07, 6.45) is 2.13. The minimum absolute atomic E-state index is 0.182. The van der Waals surface area contributed by atoms with Crippen molar-refractivity contribution in [1.29, 1.82) is 0 Å². The first-order chi connectivity index (χ1) is 9.14. The molecule has 0 aliphatic carbocycles. The van der Waals surface area contributed by atoms with Crippen molar-refractivity contribution < 1.29 is 13.2 Å². The number of nitrogens with one attached hydrogen (secondary N) is 1. The van der Waals surface area contributed by atoms with Gasteiger partial charge in [0.1, 0.15) is 11.4 Å². The molecule has 1 aromatic carbocycles. The van der Waals surface area contributed by atoms with Gasteiger partial charge >= 0.3 is 0 Å². The largest absolute Gasteiger partial charge is 0.487 e. The first-order valence-electron chi connectivity index (χ1n) is 6.82. The van der Waals surface area contributed by atoms with Crippen LogP contribution < -0.4 is 10.1 Å². The Hall–Kier alpha value is -1.07. The molecule has 1 heterocycles. The maximum atomic E-state index is 11.8. The second-order valence-corrected chi connectivity index (χ2v) is 8.61. The molecular formula is C15H23NO3S. The van der Waals surface area contributed by atoms with Crippen LogP contribution in [0.1, 0.15) is 37.9 Å². The smallest absolute Gasteiger partial charge is 0.151 e. The molecule has 1 aliphatic rings. The fraction of sp³-hybridized carbons (Fsp3) is 0.600. The molecule has 0 fully saturated rings. The monoisotopic (exact) mass is 297 g/mol. The maximum Gasteiger partial charge on any atom is 0.151 e. The van der Waals surface area contributed by atoms with E-state index >= 15 is 0 Å². The van der Waals surface area contributed by atoms with E-state index in [2.05, 4.69) is 25.2 Å². The molecule has 20 heavy (non-hydrogen) atoms. The van der Waals surface area contributed by atoms with Crippen LogP contribution in [0.3, 0.4) is 0 Å². The fourth-order valence-electron chi connectivity index (χ4n) is 2.74. The Morgan fingerprint density at radius 1 is 1.35 bits per heavy atom. The Morgan fingerprint density at radius 2 is 2.00 bits per heavy atom. The second kappa shape index (κ2) is 5.04. The summed E-state index contributed by atoms with van der Waals surface area (Å²) < 4.78 is 29.4. The van der Waals surface area contributed by atoms with Crippen LogP contribution in [0.25, 0.3) is 0 Å². The maximum absolute atomic E-state index is 11.8. The van der Waals surface area contributed by atoms with Crippen LogP contribution in [0, 0.1) is 0 Å². The van der Waals surface area contributed by atoms with Gasteiger partial charge in [0.05, 0.1) is 5.25 Å². The molecule has 4 nitrogen and oxygen atoms in total. The highest BCUT2D eigenvalue weighted by molar-refractivity contribution is 7.91. The summed E-state index contributed by atoms with van der Waals surface area (Å²) in [6.45, 7) is 5.85. The van der Waals surface area contributed by atoms with E-state index in [-0.39, 0.29) is 11.6 Å². The average Bonchev–Trinajstić information content (AvgIpc) is 2.61. The van der Waals surface area contributed by atoms with Gasteiger partial charge < -0.3 is 10.1 Å². The van der Waals surface area contributed by atoms with Crippen molar-refractivity contribution in [2.45, 2.75) is 44.1 Å². The number of fused-ring (bicyclic) bond motifs is 1. The highest BCUT2D eigenvalue weighted by atomic mass is 32.2. The van der Waals surface area contributed by atoms with Crippen LogP contribution in [-0.2, 0) is 16.3 Å². The van der Waals surface area contributed by atoms with E-state index in [0.717, 1.165) is 23.3 Å². The van der Waals surface area contributed by atoms with Crippen molar-refractivity contribution in [3.63, 3.8) is 0 Å². The highest BCUT2D eigenvalue weighted by Gasteiger charge is 2.32. The van der Waals surface area contributed by atoms with Gasteiger partial charge in [-0.05, 0) is 45.0 Å². The Labute approximate surface area is 121 Å². The van der Waals surface area contributed by atoms with Crippen LogP contribution in [0.2, 0.25) is 0 Å². The summed E-state index contributed by atoms with van der Waals surface area (Å²) in [4.78, 5) is 0. The van der Waals surface area contributed by atoms with Crippen LogP contribution in [0.4, 0.5) is 0 Å². The SMILES string of the molecule is CNC(c1ccc2c(c1)CC(C)(C)O2)C(C)S(C)(=O)=O. The molecule has 5 heteroatoms. The minimum Gasteiger partial charge on any atom is -0.487 e. The van der Waals surface area contributed by atoms with Gasteiger partial charge in [-0.1, -0.05) is 12.1 Å². The van der Waals surface area contributed by atoms with E-state index in [4.69, 9.17) is 4.74 Å². The van der Waals surface area contributed by atoms with Gasteiger partial charge in [-0.3, -0.25) is 0 Å². The summed E-state index contributed by atoms with van der Waals surface area (Å²) in [7, 11) is -1.30. The molecule has 0 saturated carbocycles. The molecule has 0 bridgehead atoms. The molecule has 2 rings (SSSR count). The predicted octanol–water partition coefficient (Wildman–Crippen LogP) is 2.09. The third-order valence-corrected chi connectivity index (χ3v) is 5.52. The van der Waals surface area contributed by atoms with Crippen molar-refractivity contribution in [3.8, 4) is 5.75 Å². The van der Waals surface area contributed by atoms with Crippen molar-refractivity contribution >= 4 is 9.84 Å². The van der Waals surface area contributed by atoms with E-state index in [1.807, 2.05) is 12.1 Å². The molecular weight excluding hydrogens is 274 g/mol. The molecule has 0 spiro atoms. The molecule has 112 valence electrons. The van der Waals surface area contributed by atoms with Crippen LogP contribution in [0.15, 0.2) is 18.2 Å². The molecule has 0 saturated heterocycles. The summed E-state index contributed by atoms with van der Waals surface area (Å²) in [6, 6.07) is 5.74. The zero-order valence-electron chi connectivity index (χ0n) is 12.7. The zero-order chi connectivity index (χ0) is 15.1. The van der Waals surface area contributed by atoms with Gasteiger partial charge in [0, 0.05) is 18.7 Å². The van der Waals surface area contributed by atoms with Gasteiger partial charge in [0.15, 0.2) is 9.84 Å². The molecule has 0 amide bonds. The van der Waals surface area contributed by atoms with Crippen LogP contribution >= 0.6 is 0 Å². The third-order valence-electron chi connectivity index (χ3n) is 3.90. The van der Waals surface area contributed by atoms with Crippen molar-refractivity contribution in [2.75, 3.05) is 13.3 Å². The number of rotatable bonds is 4. The first-order valence-corrected chi connectivity index (χ1v) is 8.77. The summed E-state index contributed by atoms with van der Waals surface area (Å²) in [5.74, 6) is 0.903. The lowest BCUT2D eigenvalue weighted by atomic mass is 9.97. The predicted molar refractivity (Wildman–Crippen MR) is 81.0 cm³/mol. The lowest BCUT2D eigenvalue weighted by Gasteiger charge is -2.23. The summed E-state index contributed by atoms with van der Waals surface area (Å²) in [5, 5.41) is 2.65. The first kappa shape index (κ1) is 15.3. The van der Waals surface area contributed by atoms with Gasteiger partial charge in [0.25, 0.3) is 0 Å². The van der Waals surface area contributed by atoms with E-state index in [0.29, 0.717) is 0 Å². The number of hydrogen-bond donors (Lipinski definition) is 1. The third kappa shape index (κ3) is 2.99. The van der Waals surface area contributed by atoms with E-state index < -0.39 is 15.1 Å². The van der Waals surface area contributed by atoms with E-state index in [1.165, 1.54) is 6.26 Å². The number of sulfone groups is 1. The summed E-state index contributed by atoms with van der Waals surface area (Å²) >= 11 is 0. The Balaban J connectivity index is 2.35. The topological polar surface area (TPSA) is 55.4 Å². The molecule has 1 aromatic rings. The van der Waals surface area contributed by atoms with Crippen molar-refractivity contribution in [2.24, 2.45) is 0 Å². The van der Waals surface area contributed by atoms with Crippen LogP contribution in [0.5, 0.6) is 5.75 Å². The Bertz CT molecular complexity index is 608. The van der Waals surface area contributed by atoms with Gasteiger partial charge in [0.2, 0.25) is 0 Å². The van der Waals surface area contributed by atoms with Crippen molar-refractivity contribution in [1.82, 2.24) is 5.32 Å². The molecule has 1 aliphatic heterocycles. The second-order valence-electron chi connectivity index (χ2n) is 6.21.